The number of sulfonamides is 1. The zero-order chi connectivity index (χ0) is 15.7. The number of halogens is 3. The summed E-state index contributed by atoms with van der Waals surface area (Å²) in [7, 11) is -2.43. The van der Waals surface area contributed by atoms with Gasteiger partial charge < -0.3 is 5.32 Å². The van der Waals surface area contributed by atoms with E-state index < -0.39 is 26.7 Å². The Morgan fingerprint density at radius 2 is 1.95 bits per heavy atom. The SMILES string of the molecule is CNC1CCCN(S(=O)(=O)c2ccccc2C(F)(F)F)C1. The number of hydrogen-bond donors (Lipinski definition) is 1. The summed E-state index contributed by atoms with van der Waals surface area (Å²) in [5.41, 5.74) is -1.11. The van der Waals surface area contributed by atoms with E-state index in [0.29, 0.717) is 6.42 Å². The molecule has 0 saturated carbocycles. The minimum absolute atomic E-state index is 0.0356. The van der Waals surface area contributed by atoms with Gasteiger partial charge in [0.15, 0.2) is 0 Å². The molecule has 1 atom stereocenters. The van der Waals surface area contributed by atoms with Crippen molar-refractivity contribution in [3.8, 4) is 0 Å². The second kappa shape index (κ2) is 5.94. The largest absolute Gasteiger partial charge is 0.417 e. The van der Waals surface area contributed by atoms with Crippen molar-refractivity contribution >= 4 is 10.0 Å². The molecule has 0 amide bonds. The smallest absolute Gasteiger partial charge is 0.316 e. The lowest BCUT2D eigenvalue weighted by Gasteiger charge is -2.32. The summed E-state index contributed by atoms with van der Waals surface area (Å²) >= 11 is 0. The van der Waals surface area contributed by atoms with E-state index >= 15 is 0 Å². The van der Waals surface area contributed by atoms with Crippen LogP contribution in [0.2, 0.25) is 0 Å². The normalized spacial score (nSPS) is 21.4. The minimum Gasteiger partial charge on any atom is -0.316 e. The maximum Gasteiger partial charge on any atom is 0.417 e. The van der Waals surface area contributed by atoms with Gasteiger partial charge >= 0.3 is 6.18 Å². The Labute approximate surface area is 122 Å². The number of alkyl halides is 3. The Bertz CT molecular complexity index is 602. The zero-order valence-electron chi connectivity index (χ0n) is 11.5. The number of nitrogens with zero attached hydrogens (tertiary/aromatic N) is 1. The van der Waals surface area contributed by atoms with Crippen molar-refractivity contribution in [2.24, 2.45) is 0 Å². The maximum absolute atomic E-state index is 13.0. The molecule has 0 aromatic heterocycles. The van der Waals surface area contributed by atoms with Crippen LogP contribution in [0.25, 0.3) is 0 Å². The second-order valence-corrected chi connectivity index (χ2v) is 6.89. The van der Waals surface area contributed by atoms with Gasteiger partial charge in [0.05, 0.1) is 10.5 Å². The highest BCUT2D eigenvalue weighted by molar-refractivity contribution is 7.89. The van der Waals surface area contributed by atoms with Crippen LogP contribution in [-0.4, -0.2) is 38.9 Å². The third-order valence-electron chi connectivity index (χ3n) is 3.60. The van der Waals surface area contributed by atoms with Crippen molar-refractivity contribution in [2.75, 3.05) is 20.1 Å². The molecule has 118 valence electrons. The molecular formula is C13H17F3N2O2S. The van der Waals surface area contributed by atoms with Crippen molar-refractivity contribution < 1.29 is 21.6 Å². The van der Waals surface area contributed by atoms with Crippen molar-refractivity contribution in [1.82, 2.24) is 9.62 Å². The summed E-state index contributed by atoms with van der Waals surface area (Å²) in [6, 6.07) is 4.27. The average molecular weight is 322 g/mol. The standard InChI is InChI=1S/C13H17F3N2O2S/c1-17-10-5-4-8-18(9-10)21(19,20)12-7-3-2-6-11(12)13(14,15)16/h2-3,6-7,10,17H,4-5,8-9H2,1H3. The van der Waals surface area contributed by atoms with Gasteiger partial charge in [-0.2, -0.15) is 17.5 Å². The van der Waals surface area contributed by atoms with Crippen LogP contribution >= 0.6 is 0 Å². The first-order valence-electron chi connectivity index (χ1n) is 6.60. The van der Waals surface area contributed by atoms with E-state index in [-0.39, 0.29) is 19.1 Å². The molecule has 8 heteroatoms. The van der Waals surface area contributed by atoms with Crippen molar-refractivity contribution in [3.05, 3.63) is 29.8 Å². The van der Waals surface area contributed by atoms with E-state index in [1.165, 1.54) is 12.1 Å². The fourth-order valence-electron chi connectivity index (χ4n) is 2.46. The maximum atomic E-state index is 13.0. The molecule has 0 bridgehead atoms. The molecule has 1 fully saturated rings. The van der Waals surface area contributed by atoms with Gasteiger partial charge in [0.25, 0.3) is 0 Å². The number of benzene rings is 1. The third-order valence-corrected chi connectivity index (χ3v) is 5.53. The molecule has 1 N–H and O–H groups in total. The van der Waals surface area contributed by atoms with Crippen LogP contribution in [0.4, 0.5) is 13.2 Å². The molecular weight excluding hydrogens is 305 g/mol. The number of piperidine rings is 1. The summed E-state index contributed by atoms with van der Waals surface area (Å²) in [5.74, 6) is 0. The Morgan fingerprint density at radius 3 is 2.57 bits per heavy atom. The van der Waals surface area contributed by atoms with Gasteiger partial charge in [-0.25, -0.2) is 8.42 Å². The first kappa shape index (κ1) is 16.3. The first-order chi connectivity index (χ1) is 9.76. The molecule has 1 heterocycles. The number of rotatable bonds is 3. The molecule has 0 spiro atoms. The number of likely N-dealkylation sites (N-methyl/N-ethyl adjacent to an activating group) is 1. The van der Waals surface area contributed by atoms with E-state index in [9.17, 15) is 21.6 Å². The van der Waals surface area contributed by atoms with Crippen LogP contribution in [0, 0.1) is 0 Å². The molecule has 1 aliphatic heterocycles. The van der Waals surface area contributed by atoms with Gasteiger partial charge in [-0.05, 0) is 32.0 Å². The van der Waals surface area contributed by atoms with Gasteiger partial charge in [-0.3, -0.25) is 0 Å². The van der Waals surface area contributed by atoms with Crippen molar-refractivity contribution in [1.29, 1.82) is 0 Å². The summed E-state index contributed by atoms with van der Waals surface area (Å²) in [5, 5.41) is 2.97. The van der Waals surface area contributed by atoms with E-state index in [1.807, 2.05) is 0 Å². The highest BCUT2D eigenvalue weighted by Crippen LogP contribution is 2.35. The summed E-state index contributed by atoms with van der Waals surface area (Å²) < 4.78 is 65.1. The molecule has 2 rings (SSSR count). The number of hydrogen-bond acceptors (Lipinski definition) is 3. The Morgan fingerprint density at radius 1 is 1.29 bits per heavy atom. The van der Waals surface area contributed by atoms with Crippen molar-refractivity contribution in [3.63, 3.8) is 0 Å². The van der Waals surface area contributed by atoms with Gasteiger partial charge in [0, 0.05) is 19.1 Å². The van der Waals surface area contributed by atoms with Gasteiger partial charge in [0.1, 0.15) is 0 Å². The Kier molecular flexibility index (Phi) is 4.60. The van der Waals surface area contributed by atoms with Crippen LogP contribution in [0.1, 0.15) is 18.4 Å². The van der Waals surface area contributed by atoms with E-state index in [0.717, 1.165) is 22.9 Å². The predicted octanol–water partition coefficient (Wildman–Crippen LogP) is 2.08. The summed E-state index contributed by atoms with van der Waals surface area (Å²) in [6.07, 6.45) is -3.26. The Hall–Kier alpha value is -1.12. The van der Waals surface area contributed by atoms with Gasteiger partial charge in [0.2, 0.25) is 10.0 Å². The topological polar surface area (TPSA) is 49.4 Å². The summed E-state index contributed by atoms with van der Waals surface area (Å²) in [4.78, 5) is -0.672. The minimum atomic E-state index is -4.69. The monoisotopic (exact) mass is 322 g/mol. The highest BCUT2D eigenvalue weighted by atomic mass is 32.2. The molecule has 1 aromatic rings. The summed E-state index contributed by atoms with van der Waals surface area (Å²) in [6.45, 7) is 0.428. The van der Waals surface area contributed by atoms with Crippen LogP contribution in [-0.2, 0) is 16.2 Å². The van der Waals surface area contributed by atoms with Crippen LogP contribution < -0.4 is 5.32 Å². The Balaban J connectivity index is 2.41. The lowest BCUT2D eigenvalue weighted by atomic mass is 10.1. The molecule has 1 aromatic carbocycles. The number of nitrogens with one attached hydrogen (secondary N) is 1. The third kappa shape index (κ3) is 3.38. The van der Waals surface area contributed by atoms with Crippen LogP contribution in [0.3, 0.4) is 0 Å². The fourth-order valence-corrected chi connectivity index (χ4v) is 4.20. The molecule has 0 aliphatic carbocycles. The average Bonchev–Trinajstić information content (AvgIpc) is 2.46. The highest BCUT2D eigenvalue weighted by Gasteiger charge is 2.39. The molecule has 1 aliphatic rings. The van der Waals surface area contributed by atoms with Crippen LogP contribution in [0.15, 0.2) is 29.2 Å². The van der Waals surface area contributed by atoms with Crippen molar-refractivity contribution in [2.45, 2.75) is 30.0 Å². The van der Waals surface area contributed by atoms with E-state index in [2.05, 4.69) is 5.32 Å². The lowest BCUT2D eigenvalue weighted by Crippen LogP contribution is -2.47. The quantitative estimate of drug-likeness (QED) is 0.927. The molecule has 21 heavy (non-hydrogen) atoms. The predicted molar refractivity (Wildman–Crippen MR) is 72.3 cm³/mol. The molecule has 0 radical (unpaired) electrons. The van der Waals surface area contributed by atoms with Gasteiger partial charge in [-0.15, -0.1) is 0 Å². The van der Waals surface area contributed by atoms with E-state index in [1.54, 1.807) is 7.05 Å². The molecule has 1 unspecified atom stereocenters. The second-order valence-electron chi connectivity index (χ2n) is 4.98. The van der Waals surface area contributed by atoms with Gasteiger partial charge in [-0.1, -0.05) is 12.1 Å². The lowest BCUT2D eigenvalue weighted by molar-refractivity contribution is -0.139. The van der Waals surface area contributed by atoms with Crippen LogP contribution in [0.5, 0.6) is 0 Å². The zero-order valence-corrected chi connectivity index (χ0v) is 12.3. The molecule has 4 nitrogen and oxygen atoms in total. The molecule has 1 saturated heterocycles. The first-order valence-corrected chi connectivity index (χ1v) is 8.04. The fraction of sp³-hybridized carbons (Fsp3) is 0.538. The van der Waals surface area contributed by atoms with E-state index in [4.69, 9.17) is 0 Å².